The summed E-state index contributed by atoms with van der Waals surface area (Å²) >= 11 is 1.32. The van der Waals surface area contributed by atoms with Crippen molar-refractivity contribution in [3.8, 4) is 17.1 Å². The summed E-state index contributed by atoms with van der Waals surface area (Å²) in [5.74, 6) is 1.29. The van der Waals surface area contributed by atoms with Gasteiger partial charge in [-0.15, -0.1) is 5.10 Å². The normalized spacial score (nSPS) is 12.0. The fourth-order valence-corrected chi connectivity index (χ4v) is 3.44. The zero-order chi connectivity index (χ0) is 17.9. The predicted octanol–water partition coefficient (Wildman–Crippen LogP) is 2.55. The first-order chi connectivity index (χ1) is 12.8. The van der Waals surface area contributed by atoms with Crippen molar-refractivity contribution in [1.29, 1.82) is 0 Å². The van der Waals surface area contributed by atoms with Crippen molar-refractivity contribution < 1.29 is 4.74 Å². The summed E-state index contributed by atoms with van der Waals surface area (Å²) in [6, 6.07) is 11.3. The van der Waals surface area contributed by atoms with Gasteiger partial charge in [-0.1, -0.05) is 36.5 Å². The van der Waals surface area contributed by atoms with Gasteiger partial charge >= 0.3 is 0 Å². The van der Waals surface area contributed by atoms with Crippen LogP contribution in [0, 0.1) is 0 Å². The summed E-state index contributed by atoms with van der Waals surface area (Å²) in [7, 11) is 0. The Morgan fingerprint density at radius 3 is 2.77 bits per heavy atom. The fourth-order valence-electron chi connectivity index (χ4n) is 2.54. The third-order valence-corrected chi connectivity index (χ3v) is 4.75. The second-order valence-electron chi connectivity index (χ2n) is 5.67. The van der Waals surface area contributed by atoms with Gasteiger partial charge in [0.1, 0.15) is 5.75 Å². The maximum Gasteiger partial charge on any atom is 0.291 e. The van der Waals surface area contributed by atoms with Crippen LogP contribution in [0.2, 0.25) is 0 Å². The molecule has 0 aliphatic heterocycles. The van der Waals surface area contributed by atoms with E-state index in [1.165, 1.54) is 15.9 Å². The molecule has 3 aromatic heterocycles. The van der Waals surface area contributed by atoms with E-state index in [9.17, 15) is 4.79 Å². The van der Waals surface area contributed by atoms with E-state index in [0.717, 1.165) is 23.3 Å². The van der Waals surface area contributed by atoms with E-state index in [2.05, 4.69) is 22.0 Å². The Morgan fingerprint density at radius 1 is 1.19 bits per heavy atom. The first-order valence-electron chi connectivity index (χ1n) is 8.30. The maximum atomic E-state index is 12.7. The number of hydrogen-bond acceptors (Lipinski definition) is 6. The summed E-state index contributed by atoms with van der Waals surface area (Å²) in [6.45, 7) is 2.70. The zero-order valence-corrected chi connectivity index (χ0v) is 14.9. The molecule has 130 valence electrons. The molecular formula is C19H16N4O2S. The lowest BCUT2D eigenvalue weighted by Gasteiger charge is -2.07. The summed E-state index contributed by atoms with van der Waals surface area (Å²) in [5.41, 5.74) is 1.53. The molecule has 0 atom stereocenters. The highest BCUT2D eigenvalue weighted by Gasteiger charge is 2.12. The van der Waals surface area contributed by atoms with Gasteiger partial charge in [0.25, 0.3) is 5.56 Å². The van der Waals surface area contributed by atoms with Crippen molar-refractivity contribution >= 4 is 22.4 Å². The van der Waals surface area contributed by atoms with Crippen molar-refractivity contribution in [3.63, 3.8) is 0 Å². The molecule has 0 radical (unpaired) electrons. The quantitative estimate of drug-likeness (QED) is 0.544. The standard InChI is InChI=1S/C19H16N4O2S/c1-2-11-25-15-6-4-3-5-14(15)12-16-18(24)23-19(26-16)21-17(22-23)13-7-9-20-10-8-13/h3-10,12H,2,11H2,1H3/b16-12+. The molecule has 0 aliphatic carbocycles. The second-order valence-corrected chi connectivity index (χ2v) is 6.68. The molecule has 0 bridgehead atoms. The minimum absolute atomic E-state index is 0.178. The van der Waals surface area contributed by atoms with E-state index < -0.39 is 0 Å². The molecule has 0 saturated heterocycles. The van der Waals surface area contributed by atoms with Gasteiger partial charge in [0, 0.05) is 23.5 Å². The van der Waals surface area contributed by atoms with Gasteiger partial charge in [-0.2, -0.15) is 9.50 Å². The van der Waals surface area contributed by atoms with Crippen LogP contribution in [0.3, 0.4) is 0 Å². The Bertz CT molecular complexity index is 1150. The SMILES string of the molecule is CCCOc1ccccc1/C=c1/sc2nc(-c3ccncc3)nn2c1=O. The van der Waals surface area contributed by atoms with Gasteiger partial charge in [0.05, 0.1) is 11.1 Å². The molecule has 0 N–H and O–H groups in total. The van der Waals surface area contributed by atoms with E-state index in [1.54, 1.807) is 12.4 Å². The van der Waals surface area contributed by atoms with Crippen LogP contribution < -0.4 is 14.8 Å². The minimum atomic E-state index is -0.178. The number of nitrogens with zero attached hydrogens (tertiary/aromatic N) is 4. The lowest BCUT2D eigenvalue weighted by atomic mass is 10.2. The third-order valence-electron chi connectivity index (χ3n) is 3.79. The largest absolute Gasteiger partial charge is 0.493 e. The first kappa shape index (κ1) is 16.4. The Hall–Kier alpha value is -3.06. The maximum absolute atomic E-state index is 12.7. The van der Waals surface area contributed by atoms with Crippen LogP contribution in [0.5, 0.6) is 5.75 Å². The highest BCUT2D eigenvalue weighted by molar-refractivity contribution is 7.15. The number of benzene rings is 1. The molecule has 1 aromatic carbocycles. The molecule has 0 unspecified atom stereocenters. The highest BCUT2D eigenvalue weighted by Crippen LogP contribution is 2.19. The van der Waals surface area contributed by atoms with Crippen LogP contribution in [0.1, 0.15) is 18.9 Å². The van der Waals surface area contributed by atoms with Crippen molar-refractivity contribution in [2.45, 2.75) is 13.3 Å². The van der Waals surface area contributed by atoms with Gasteiger partial charge in [-0.05, 0) is 30.7 Å². The monoisotopic (exact) mass is 364 g/mol. The zero-order valence-electron chi connectivity index (χ0n) is 14.1. The molecular weight excluding hydrogens is 348 g/mol. The van der Waals surface area contributed by atoms with Crippen LogP contribution in [0.15, 0.2) is 53.6 Å². The molecule has 0 saturated carbocycles. The molecule has 4 rings (SSSR count). The Labute approximate surface area is 153 Å². The number of ether oxygens (including phenoxy) is 1. The molecule has 7 heteroatoms. The summed E-state index contributed by atoms with van der Waals surface area (Å²) in [6.07, 6.45) is 6.11. The summed E-state index contributed by atoms with van der Waals surface area (Å²) in [5, 5.41) is 4.34. The number of hydrogen-bond donors (Lipinski definition) is 0. The van der Waals surface area contributed by atoms with Crippen molar-refractivity contribution in [2.24, 2.45) is 0 Å². The molecule has 0 fully saturated rings. The number of fused-ring (bicyclic) bond motifs is 1. The van der Waals surface area contributed by atoms with Crippen LogP contribution >= 0.6 is 11.3 Å². The highest BCUT2D eigenvalue weighted by atomic mass is 32.1. The minimum Gasteiger partial charge on any atom is -0.493 e. The van der Waals surface area contributed by atoms with Crippen LogP contribution in [-0.4, -0.2) is 26.2 Å². The third kappa shape index (κ3) is 3.09. The molecule has 0 spiro atoms. The summed E-state index contributed by atoms with van der Waals surface area (Å²) < 4.78 is 7.68. The molecule has 0 aliphatic rings. The Balaban J connectivity index is 1.77. The van der Waals surface area contributed by atoms with E-state index in [0.29, 0.717) is 21.9 Å². The smallest absolute Gasteiger partial charge is 0.291 e. The average Bonchev–Trinajstić information content (AvgIpc) is 3.22. The number of aromatic nitrogens is 4. The lowest BCUT2D eigenvalue weighted by molar-refractivity contribution is 0.317. The average molecular weight is 364 g/mol. The topological polar surface area (TPSA) is 69.4 Å². The van der Waals surface area contributed by atoms with Gasteiger partial charge in [0.2, 0.25) is 4.96 Å². The van der Waals surface area contributed by atoms with Crippen LogP contribution in [0.4, 0.5) is 0 Å². The lowest BCUT2D eigenvalue weighted by Crippen LogP contribution is -2.23. The van der Waals surface area contributed by atoms with E-state index in [1.807, 2.05) is 42.5 Å². The van der Waals surface area contributed by atoms with Gasteiger partial charge in [-0.3, -0.25) is 9.78 Å². The second kappa shape index (κ2) is 7.05. The van der Waals surface area contributed by atoms with Crippen molar-refractivity contribution in [2.75, 3.05) is 6.61 Å². The van der Waals surface area contributed by atoms with E-state index >= 15 is 0 Å². The molecule has 0 amide bonds. The number of rotatable bonds is 5. The predicted molar refractivity (Wildman–Crippen MR) is 101 cm³/mol. The van der Waals surface area contributed by atoms with Gasteiger partial charge in [-0.25, -0.2) is 0 Å². The van der Waals surface area contributed by atoms with E-state index in [4.69, 9.17) is 4.74 Å². The molecule has 4 aromatic rings. The molecule has 26 heavy (non-hydrogen) atoms. The Kier molecular flexibility index (Phi) is 4.45. The molecule has 6 nitrogen and oxygen atoms in total. The Morgan fingerprint density at radius 2 is 2.00 bits per heavy atom. The summed E-state index contributed by atoms with van der Waals surface area (Å²) in [4.78, 5) is 21.7. The van der Waals surface area contributed by atoms with Gasteiger partial charge in [0.15, 0.2) is 5.82 Å². The number of para-hydroxylation sites is 1. The number of thiazole rings is 1. The van der Waals surface area contributed by atoms with E-state index in [-0.39, 0.29) is 5.56 Å². The van der Waals surface area contributed by atoms with Crippen LogP contribution in [-0.2, 0) is 0 Å². The van der Waals surface area contributed by atoms with Gasteiger partial charge < -0.3 is 4.74 Å². The fraction of sp³-hybridized carbons (Fsp3) is 0.158. The van der Waals surface area contributed by atoms with Crippen molar-refractivity contribution in [3.05, 3.63) is 69.2 Å². The number of pyridine rings is 1. The van der Waals surface area contributed by atoms with Crippen molar-refractivity contribution in [1.82, 2.24) is 19.6 Å². The van der Waals surface area contributed by atoms with Crippen LogP contribution in [0.25, 0.3) is 22.4 Å². The first-order valence-corrected chi connectivity index (χ1v) is 9.11. The molecule has 3 heterocycles.